The third kappa shape index (κ3) is 1.68. The highest BCUT2D eigenvalue weighted by atomic mass is 16.5. The lowest BCUT2D eigenvalue weighted by atomic mass is 9.63. The Kier molecular flexibility index (Phi) is 2.66. The van der Waals surface area contributed by atoms with Gasteiger partial charge in [0.2, 0.25) is 0 Å². The van der Waals surface area contributed by atoms with E-state index in [9.17, 15) is 9.90 Å². The Balaban J connectivity index is 2.27. The first kappa shape index (κ1) is 12.3. The molecule has 3 rings (SSSR count). The summed E-state index contributed by atoms with van der Waals surface area (Å²) in [4.78, 5) is 12.2. The molecule has 0 heterocycles. The molecule has 100 valence electrons. The number of hydrogen-bond donors (Lipinski definition) is 1. The normalized spacial score (nSPS) is 25.9. The lowest BCUT2D eigenvalue weighted by Crippen LogP contribution is -2.35. The lowest BCUT2D eigenvalue weighted by Gasteiger charge is -2.40. The Labute approximate surface area is 112 Å². The zero-order valence-corrected chi connectivity index (χ0v) is 11.3. The van der Waals surface area contributed by atoms with Crippen molar-refractivity contribution in [2.75, 3.05) is 7.11 Å². The minimum Gasteiger partial charge on any atom is -0.507 e. The Morgan fingerprint density at radius 1 is 1.37 bits per heavy atom. The molecule has 0 aliphatic heterocycles. The smallest absolute Gasteiger partial charge is 0.163 e. The second-order valence-corrected chi connectivity index (χ2v) is 5.73. The summed E-state index contributed by atoms with van der Waals surface area (Å²) >= 11 is 0. The van der Waals surface area contributed by atoms with Crippen LogP contribution in [0, 0.1) is 5.41 Å². The summed E-state index contributed by atoms with van der Waals surface area (Å²) in [5.41, 5.74) is 2.15. The molecule has 19 heavy (non-hydrogen) atoms. The molecule has 0 saturated heterocycles. The summed E-state index contributed by atoms with van der Waals surface area (Å²) in [5.74, 6) is 0.858. The van der Waals surface area contributed by atoms with Gasteiger partial charge in [-0.2, -0.15) is 0 Å². The molecule has 3 heteroatoms. The van der Waals surface area contributed by atoms with Crippen molar-refractivity contribution in [3.8, 4) is 5.75 Å². The Hall–Kier alpha value is -1.77. The Bertz CT molecular complexity index is 586. The molecule has 2 aliphatic carbocycles. The minimum absolute atomic E-state index is 0.0859. The molecule has 0 radical (unpaired) electrons. The maximum absolute atomic E-state index is 12.2. The van der Waals surface area contributed by atoms with Crippen molar-refractivity contribution in [3.63, 3.8) is 0 Å². The van der Waals surface area contributed by atoms with Crippen molar-refractivity contribution in [2.45, 2.75) is 32.6 Å². The second kappa shape index (κ2) is 4.12. The van der Waals surface area contributed by atoms with E-state index in [1.54, 1.807) is 7.11 Å². The van der Waals surface area contributed by atoms with E-state index in [1.807, 2.05) is 18.2 Å². The predicted octanol–water partition coefficient (Wildman–Crippen LogP) is 3.28. The first-order valence-corrected chi connectivity index (χ1v) is 6.70. The summed E-state index contributed by atoms with van der Waals surface area (Å²) in [7, 11) is 1.59. The topological polar surface area (TPSA) is 46.5 Å². The van der Waals surface area contributed by atoms with Crippen molar-refractivity contribution in [2.24, 2.45) is 5.41 Å². The van der Waals surface area contributed by atoms with E-state index in [1.165, 1.54) is 0 Å². The van der Waals surface area contributed by atoms with Crippen molar-refractivity contribution >= 4 is 11.5 Å². The van der Waals surface area contributed by atoms with Gasteiger partial charge in [-0.1, -0.05) is 19.1 Å². The van der Waals surface area contributed by atoms with Crippen LogP contribution in [0.3, 0.4) is 0 Å². The molecule has 1 N–H and O–H groups in total. The van der Waals surface area contributed by atoms with Crippen LogP contribution in [0.4, 0.5) is 0 Å². The van der Waals surface area contributed by atoms with Crippen LogP contribution >= 0.6 is 0 Å². The van der Waals surface area contributed by atoms with E-state index < -0.39 is 0 Å². The fourth-order valence-corrected chi connectivity index (χ4v) is 3.53. The maximum atomic E-state index is 12.2. The van der Waals surface area contributed by atoms with Gasteiger partial charge in [0.05, 0.1) is 12.7 Å². The molecule has 3 nitrogen and oxygen atoms in total. The number of benzene rings is 1. The van der Waals surface area contributed by atoms with E-state index in [4.69, 9.17) is 4.74 Å². The van der Waals surface area contributed by atoms with Gasteiger partial charge in [-0.3, -0.25) is 4.79 Å². The first-order valence-electron chi connectivity index (χ1n) is 6.70. The maximum Gasteiger partial charge on any atom is 0.163 e. The highest BCUT2D eigenvalue weighted by Gasteiger charge is 2.43. The van der Waals surface area contributed by atoms with Crippen molar-refractivity contribution < 1.29 is 14.6 Å². The van der Waals surface area contributed by atoms with Crippen LogP contribution in [0.1, 0.15) is 37.3 Å². The number of aliphatic hydroxyl groups excluding tert-OH is 1. The number of methoxy groups -OCH3 is 1. The largest absolute Gasteiger partial charge is 0.507 e. The number of carbonyl (C=O) groups excluding carboxylic acids is 1. The summed E-state index contributed by atoms with van der Waals surface area (Å²) in [6, 6.07) is 5.77. The van der Waals surface area contributed by atoms with Crippen LogP contribution in [0.25, 0.3) is 5.76 Å². The highest BCUT2D eigenvalue weighted by Crippen LogP contribution is 2.50. The van der Waals surface area contributed by atoms with Gasteiger partial charge in [-0.25, -0.2) is 0 Å². The van der Waals surface area contributed by atoms with Gasteiger partial charge in [0.15, 0.2) is 5.78 Å². The summed E-state index contributed by atoms with van der Waals surface area (Å²) in [6.45, 7) is 2.08. The van der Waals surface area contributed by atoms with E-state index in [0.717, 1.165) is 24.8 Å². The number of allylic oxidation sites excluding steroid dienone is 1. The van der Waals surface area contributed by atoms with Crippen LogP contribution < -0.4 is 4.74 Å². The van der Waals surface area contributed by atoms with Crippen LogP contribution in [-0.2, 0) is 11.2 Å². The van der Waals surface area contributed by atoms with Gasteiger partial charge < -0.3 is 9.84 Å². The Morgan fingerprint density at radius 3 is 2.89 bits per heavy atom. The molecular formula is C16H18O3. The summed E-state index contributed by atoms with van der Waals surface area (Å²) < 4.78 is 5.33. The second-order valence-electron chi connectivity index (χ2n) is 5.73. The van der Waals surface area contributed by atoms with Gasteiger partial charge in [0, 0.05) is 17.4 Å². The van der Waals surface area contributed by atoms with Gasteiger partial charge in [0.25, 0.3) is 0 Å². The van der Waals surface area contributed by atoms with Gasteiger partial charge >= 0.3 is 0 Å². The number of rotatable bonds is 1. The number of hydrogen-bond acceptors (Lipinski definition) is 3. The van der Waals surface area contributed by atoms with E-state index in [0.29, 0.717) is 23.3 Å². The van der Waals surface area contributed by atoms with Crippen molar-refractivity contribution in [1.29, 1.82) is 0 Å². The summed E-state index contributed by atoms with van der Waals surface area (Å²) in [6.07, 6.45) is 3.20. The van der Waals surface area contributed by atoms with E-state index >= 15 is 0 Å². The number of carbonyl (C=O) groups is 1. The third-order valence-corrected chi connectivity index (χ3v) is 4.40. The molecule has 1 fully saturated rings. The van der Waals surface area contributed by atoms with Gasteiger partial charge in [0.1, 0.15) is 11.5 Å². The average molecular weight is 258 g/mol. The lowest BCUT2D eigenvalue weighted by molar-refractivity contribution is -0.118. The van der Waals surface area contributed by atoms with E-state index in [2.05, 4.69) is 6.92 Å². The molecule has 1 aromatic carbocycles. The van der Waals surface area contributed by atoms with Gasteiger partial charge in [-0.15, -0.1) is 0 Å². The number of ketones is 1. The van der Waals surface area contributed by atoms with E-state index in [-0.39, 0.29) is 17.0 Å². The fourth-order valence-electron chi connectivity index (χ4n) is 3.53. The number of Topliss-reactive ketones (excluding diaryl/α,β-unsaturated/α-hetero) is 1. The molecule has 1 unspecified atom stereocenters. The van der Waals surface area contributed by atoms with Crippen LogP contribution in [0.15, 0.2) is 23.8 Å². The van der Waals surface area contributed by atoms with Crippen LogP contribution in [0.2, 0.25) is 0 Å². The quantitative estimate of drug-likeness (QED) is 0.840. The van der Waals surface area contributed by atoms with Crippen molar-refractivity contribution in [3.05, 3.63) is 34.9 Å². The van der Waals surface area contributed by atoms with Gasteiger partial charge in [-0.05, 0) is 30.9 Å². The minimum atomic E-state index is -0.223. The van der Waals surface area contributed by atoms with Crippen LogP contribution in [-0.4, -0.2) is 18.0 Å². The van der Waals surface area contributed by atoms with Crippen molar-refractivity contribution in [1.82, 2.24) is 0 Å². The highest BCUT2D eigenvalue weighted by molar-refractivity contribution is 6.04. The summed E-state index contributed by atoms with van der Waals surface area (Å²) in [5, 5.41) is 10.6. The molecular weight excluding hydrogens is 240 g/mol. The third-order valence-electron chi connectivity index (χ3n) is 4.40. The first-order chi connectivity index (χ1) is 9.07. The Morgan fingerprint density at radius 2 is 2.16 bits per heavy atom. The molecule has 1 atom stereocenters. The molecule has 0 aromatic heterocycles. The molecule has 0 spiro atoms. The zero-order valence-electron chi connectivity index (χ0n) is 11.3. The van der Waals surface area contributed by atoms with Crippen LogP contribution in [0.5, 0.6) is 5.75 Å². The monoisotopic (exact) mass is 258 g/mol. The molecule has 1 aromatic rings. The molecule has 2 aliphatic rings. The molecule has 0 amide bonds. The number of fused-ring (bicyclic) bond motifs is 2. The fraction of sp³-hybridized carbons (Fsp3) is 0.438. The standard InChI is InChI=1S/C16H18O3/c1-16-8-4-6-11(17)14(16)15(18)13-10(9-16)5-3-7-12(13)19-2/h3,5,7,18H,4,6,8-9H2,1-2H3. The predicted molar refractivity (Wildman–Crippen MR) is 73.2 cm³/mol. The molecule has 0 bridgehead atoms. The SMILES string of the molecule is COc1cccc2c1C(O)=C1C(=O)CCCC1(C)C2. The molecule has 1 saturated carbocycles. The zero-order chi connectivity index (χ0) is 13.6. The number of ether oxygens (including phenoxy) is 1. The average Bonchev–Trinajstić information content (AvgIpc) is 2.37. The number of aliphatic hydroxyl groups is 1.